The van der Waals surface area contributed by atoms with Crippen molar-refractivity contribution >= 4 is 11.3 Å². The van der Waals surface area contributed by atoms with E-state index in [9.17, 15) is 0 Å². The van der Waals surface area contributed by atoms with Crippen LogP contribution in [-0.4, -0.2) is 13.2 Å². The first-order valence-corrected chi connectivity index (χ1v) is 5.74. The van der Waals surface area contributed by atoms with Gasteiger partial charge < -0.3 is 4.74 Å². The van der Waals surface area contributed by atoms with Crippen LogP contribution in [0.3, 0.4) is 0 Å². The molecule has 0 radical (unpaired) electrons. The first-order valence-electron chi connectivity index (χ1n) is 4.87. The molecular weight excluding hydrogens is 182 g/mol. The number of hydrogen-bond donors (Lipinski definition) is 1. The van der Waals surface area contributed by atoms with Crippen LogP contribution in [0, 0.1) is 0 Å². The lowest BCUT2D eigenvalue weighted by Gasteiger charge is -2.33. The van der Waals surface area contributed by atoms with Gasteiger partial charge in [0.15, 0.2) is 5.72 Å². The lowest BCUT2D eigenvalue weighted by Crippen LogP contribution is -2.42. The zero-order chi connectivity index (χ0) is 8.73. The third kappa shape index (κ3) is 1.08. The summed E-state index contributed by atoms with van der Waals surface area (Å²) in [7, 11) is 0. The number of rotatable bonds is 0. The van der Waals surface area contributed by atoms with Crippen molar-refractivity contribution in [2.24, 2.45) is 0 Å². The number of nitrogens with one attached hydrogen (secondary N) is 1. The van der Waals surface area contributed by atoms with Gasteiger partial charge in [-0.05, 0) is 42.8 Å². The van der Waals surface area contributed by atoms with E-state index < -0.39 is 0 Å². The summed E-state index contributed by atoms with van der Waals surface area (Å²) in [6.07, 6.45) is 3.46. The van der Waals surface area contributed by atoms with E-state index in [1.807, 2.05) is 11.3 Å². The molecule has 13 heavy (non-hydrogen) atoms. The maximum atomic E-state index is 5.91. The molecule has 0 saturated carbocycles. The van der Waals surface area contributed by atoms with Crippen LogP contribution in [0.1, 0.15) is 23.3 Å². The lowest BCUT2D eigenvalue weighted by molar-refractivity contribution is -0.0693. The largest absolute Gasteiger partial charge is 0.355 e. The second-order valence-electron chi connectivity index (χ2n) is 3.73. The number of fused-ring (bicyclic) bond motifs is 2. The summed E-state index contributed by atoms with van der Waals surface area (Å²) in [6.45, 7) is 1.97. The van der Waals surface area contributed by atoms with Crippen molar-refractivity contribution in [3.8, 4) is 0 Å². The van der Waals surface area contributed by atoms with E-state index in [0.717, 1.165) is 26.0 Å². The second kappa shape index (κ2) is 2.80. The zero-order valence-corrected chi connectivity index (χ0v) is 8.32. The van der Waals surface area contributed by atoms with Gasteiger partial charge >= 0.3 is 0 Å². The molecule has 3 heterocycles. The number of thiophene rings is 1. The lowest BCUT2D eigenvalue weighted by atomic mass is 10.0. The fourth-order valence-corrected chi connectivity index (χ4v) is 3.43. The summed E-state index contributed by atoms with van der Waals surface area (Å²) in [6, 6.07) is 2.24. The Morgan fingerprint density at radius 2 is 2.54 bits per heavy atom. The van der Waals surface area contributed by atoms with Gasteiger partial charge in [-0.25, -0.2) is 0 Å². The molecule has 0 bridgehead atoms. The highest BCUT2D eigenvalue weighted by Gasteiger charge is 2.41. The Balaban J connectivity index is 2.08. The molecule has 1 aromatic rings. The van der Waals surface area contributed by atoms with Crippen molar-refractivity contribution in [3.05, 3.63) is 21.9 Å². The van der Waals surface area contributed by atoms with E-state index in [4.69, 9.17) is 4.74 Å². The number of ether oxygens (including phenoxy) is 1. The molecule has 2 aliphatic heterocycles. The maximum Gasteiger partial charge on any atom is 0.154 e. The van der Waals surface area contributed by atoms with E-state index in [1.54, 1.807) is 0 Å². The van der Waals surface area contributed by atoms with Crippen LogP contribution in [0.15, 0.2) is 11.4 Å². The minimum atomic E-state index is -0.0955. The summed E-state index contributed by atoms with van der Waals surface area (Å²) in [4.78, 5) is 1.43. The fraction of sp³-hybridized carbons (Fsp3) is 0.600. The Morgan fingerprint density at radius 1 is 1.54 bits per heavy atom. The van der Waals surface area contributed by atoms with Gasteiger partial charge in [0.2, 0.25) is 0 Å². The van der Waals surface area contributed by atoms with E-state index in [0.29, 0.717) is 0 Å². The SMILES string of the molecule is c1cc2c(s1)C1(CCCN1)OCC2. The van der Waals surface area contributed by atoms with E-state index in [2.05, 4.69) is 16.8 Å². The van der Waals surface area contributed by atoms with Crippen molar-refractivity contribution in [1.29, 1.82) is 0 Å². The Morgan fingerprint density at radius 3 is 3.38 bits per heavy atom. The molecule has 0 aromatic carbocycles. The Hall–Kier alpha value is -0.380. The highest BCUT2D eigenvalue weighted by molar-refractivity contribution is 7.10. The highest BCUT2D eigenvalue weighted by atomic mass is 32.1. The summed E-state index contributed by atoms with van der Waals surface area (Å²) in [5.74, 6) is 0. The third-order valence-corrected chi connectivity index (χ3v) is 4.05. The smallest absolute Gasteiger partial charge is 0.154 e. The van der Waals surface area contributed by atoms with Gasteiger partial charge in [0, 0.05) is 0 Å². The van der Waals surface area contributed by atoms with E-state index in [-0.39, 0.29) is 5.72 Å². The quantitative estimate of drug-likeness (QED) is 0.682. The van der Waals surface area contributed by atoms with E-state index in [1.165, 1.54) is 16.9 Å². The molecule has 1 fully saturated rings. The molecule has 70 valence electrons. The maximum absolute atomic E-state index is 5.91. The van der Waals surface area contributed by atoms with Crippen molar-refractivity contribution < 1.29 is 4.74 Å². The van der Waals surface area contributed by atoms with Crippen molar-refractivity contribution in [2.45, 2.75) is 25.0 Å². The molecule has 2 nitrogen and oxygen atoms in total. The molecule has 1 saturated heterocycles. The first-order chi connectivity index (χ1) is 6.41. The van der Waals surface area contributed by atoms with Crippen LogP contribution >= 0.6 is 11.3 Å². The van der Waals surface area contributed by atoms with Crippen LogP contribution in [0.2, 0.25) is 0 Å². The molecule has 0 aliphatic carbocycles. The fourth-order valence-electron chi connectivity index (χ4n) is 2.32. The standard InChI is InChI=1S/C10H13NOS/c1-4-10(11-5-1)9-8(2-6-12-10)3-7-13-9/h3,7,11H,1-2,4-6H2. The molecular formula is C10H13NOS. The monoisotopic (exact) mass is 195 g/mol. The predicted octanol–water partition coefficient (Wildman–Crippen LogP) is 1.86. The average molecular weight is 195 g/mol. The zero-order valence-electron chi connectivity index (χ0n) is 7.51. The summed E-state index contributed by atoms with van der Waals surface area (Å²) < 4.78 is 5.91. The third-order valence-electron chi connectivity index (χ3n) is 2.95. The van der Waals surface area contributed by atoms with Gasteiger partial charge in [0.1, 0.15) is 0 Å². The highest BCUT2D eigenvalue weighted by Crippen LogP contribution is 2.40. The van der Waals surface area contributed by atoms with Gasteiger partial charge in [-0.3, -0.25) is 5.32 Å². The Bertz CT molecular complexity index is 314. The molecule has 1 N–H and O–H groups in total. The van der Waals surface area contributed by atoms with Gasteiger partial charge in [0.25, 0.3) is 0 Å². The van der Waals surface area contributed by atoms with Gasteiger partial charge in [-0.1, -0.05) is 0 Å². The van der Waals surface area contributed by atoms with Gasteiger partial charge in [-0.15, -0.1) is 11.3 Å². The molecule has 3 heteroatoms. The molecule has 1 atom stereocenters. The number of hydrogen-bond acceptors (Lipinski definition) is 3. The molecule has 1 spiro atoms. The predicted molar refractivity (Wildman–Crippen MR) is 52.9 cm³/mol. The minimum Gasteiger partial charge on any atom is -0.355 e. The van der Waals surface area contributed by atoms with Crippen molar-refractivity contribution in [3.63, 3.8) is 0 Å². The van der Waals surface area contributed by atoms with Gasteiger partial charge in [0.05, 0.1) is 11.5 Å². The van der Waals surface area contributed by atoms with Crippen LogP contribution in [0.25, 0.3) is 0 Å². The van der Waals surface area contributed by atoms with Crippen LogP contribution in [0.4, 0.5) is 0 Å². The molecule has 0 amide bonds. The van der Waals surface area contributed by atoms with Gasteiger partial charge in [-0.2, -0.15) is 0 Å². The first kappa shape index (κ1) is 7.97. The Kier molecular flexibility index (Phi) is 1.72. The van der Waals surface area contributed by atoms with Crippen LogP contribution in [-0.2, 0) is 16.9 Å². The Labute approximate surface area is 81.9 Å². The molecule has 2 aliphatic rings. The normalized spacial score (nSPS) is 32.3. The summed E-state index contributed by atoms with van der Waals surface area (Å²) >= 11 is 1.83. The second-order valence-corrected chi connectivity index (χ2v) is 4.65. The van der Waals surface area contributed by atoms with Crippen molar-refractivity contribution in [1.82, 2.24) is 5.32 Å². The molecule has 1 unspecified atom stereocenters. The summed E-state index contributed by atoms with van der Waals surface area (Å²) in [5, 5.41) is 5.68. The van der Waals surface area contributed by atoms with Crippen LogP contribution in [0.5, 0.6) is 0 Å². The summed E-state index contributed by atoms with van der Waals surface area (Å²) in [5.41, 5.74) is 1.40. The van der Waals surface area contributed by atoms with E-state index >= 15 is 0 Å². The topological polar surface area (TPSA) is 21.3 Å². The van der Waals surface area contributed by atoms with Crippen molar-refractivity contribution in [2.75, 3.05) is 13.2 Å². The molecule has 3 rings (SSSR count). The van der Waals surface area contributed by atoms with Crippen LogP contribution < -0.4 is 5.32 Å². The minimum absolute atomic E-state index is 0.0955. The average Bonchev–Trinajstić information content (AvgIpc) is 2.74. The molecule has 1 aromatic heterocycles.